The van der Waals surface area contributed by atoms with Gasteiger partial charge < -0.3 is 5.11 Å². The van der Waals surface area contributed by atoms with Crippen LogP contribution < -0.4 is 4.72 Å². The van der Waals surface area contributed by atoms with E-state index in [1.165, 1.54) is 21.0 Å². The monoisotopic (exact) mass is 272 g/mol. The van der Waals surface area contributed by atoms with Crippen LogP contribution in [0.2, 0.25) is 0 Å². The largest absolute Gasteiger partial charge is 0.480 e. The molecule has 6 nitrogen and oxygen atoms in total. The van der Waals surface area contributed by atoms with Gasteiger partial charge in [-0.1, -0.05) is 30.3 Å². The lowest BCUT2D eigenvalue weighted by Crippen LogP contribution is -2.52. The Kier molecular flexibility index (Phi) is 4.10. The van der Waals surface area contributed by atoms with E-state index in [0.29, 0.717) is 5.56 Å². The Labute approximate surface area is 106 Å². The van der Waals surface area contributed by atoms with Crippen LogP contribution in [0.4, 0.5) is 0 Å². The first-order valence-corrected chi connectivity index (χ1v) is 6.64. The van der Waals surface area contributed by atoms with Crippen molar-refractivity contribution in [3.05, 3.63) is 35.9 Å². The Morgan fingerprint density at radius 3 is 2.17 bits per heavy atom. The molecular weight excluding hydrogens is 256 g/mol. The van der Waals surface area contributed by atoms with Crippen molar-refractivity contribution in [1.82, 2.24) is 9.03 Å². The number of hydrogen-bond acceptors (Lipinski definition) is 3. The van der Waals surface area contributed by atoms with E-state index >= 15 is 0 Å². The van der Waals surface area contributed by atoms with Gasteiger partial charge in [0.2, 0.25) is 0 Å². The standard InChI is InChI=1S/C11H16N2O4S/c1-11(10(14)15,9-7-5-4-6-8-9)12-18(16,17)13(2)3/h4-8,12H,1-3H3,(H,14,15). The molecule has 1 unspecified atom stereocenters. The average molecular weight is 272 g/mol. The quantitative estimate of drug-likeness (QED) is 0.811. The number of nitrogens with one attached hydrogen (secondary N) is 1. The van der Waals surface area contributed by atoms with Crippen LogP contribution in [0.3, 0.4) is 0 Å². The molecule has 1 rings (SSSR count). The second kappa shape index (κ2) is 5.05. The minimum absolute atomic E-state index is 0.364. The summed E-state index contributed by atoms with van der Waals surface area (Å²) in [6.07, 6.45) is 0. The molecule has 0 saturated carbocycles. The number of benzene rings is 1. The number of aliphatic carboxylic acids is 1. The number of carboxylic acid groups (broad SMARTS) is 1. The van der Waals surface area contributed by atoms with Gasteiger partial charge in [-0.25, -0.2) is 4.79 Å². The first-order chi connectivity index (χ1) is 8.20. The minimum Gasteiger partial charge on any atom is -0.480 e. The lowest BCUT2D eigenvalue weighted by atomic mass is 9.94. The van der Waals surface area contributed by atoms with Crippen molar-refractivity contribution < 1.29 is 18.3 Å². The lowest BCUT2D eigenvalue weighted by molar-refractivity contribution is -0.143. The SMILES string of the molecule is CN(C)S(=O)(=O)NC(C)(C(=O)O)c1ccccc1. The van der Waals surface area contributed by atoms with Gasteiger partial charge >= 0.3 is 5.97 Å². The summed E-state index contributed by atoms with van der Waals surface area (Å²) in [5.74, 6) is -1.26. The molecule has 0 fully saturated rings. The highest BCUT2D eigenvalue weighted by Crippen LogP contribution is 2.22. The molecule has 1 aromatic carbocycles. The molecule has 7 heteroatoms. The van der Waals surface area contributed by atoms with Gasteiger partial charge in [-0.15, -0.1) is 0 Å². The molecule has 1 atom stereocenters. The Morgan fingerprint density at radius 1 is 1.28 bits per heavy atom. The van der Waals surface area contributed by atoms with Gasteiger partial charge in [0.25, 0.3) is 10.2 Å². The van der Waals surface area contributed by atoms with Crippen LogP contribution in [0.25, 0.3) is 0 Å². The summed E-state index contributed by atoms with van der Waals surface area (Å²) in [7, 11) is -1.19. The van der Waals surface area contributed by atoms with Crippen molar-refractivity contribution in [2.75, 3.05) is 14.1 Å². The normalized spacial score (nSPS) is 15.3. The van der Waals surface area contributed by atoms with Crippen molar-refractivity contribution >= 4 is 16.2 Å². The van der Waals surface area contributed by atoms with E-state index in [1.807, 2.05) is 0 Å². The third kappa shape index (κ3) is 2.87. The zero-order chi connectivity index (χ0) is 14.0. The van der Waals surface area contributed by atoms with E-state index < -0.39 is 21.7 Å². The van der Waals surface area contributed by atoms with Crippen molar-refractivity contribution in [3.8, 4) is 0 Å². The number of hydrogen-bond donors (Lipinski definition) is 2. The zero-order valence-electron chi connectivity index (χ0n) is 10.4. The molecule has 0 aliphatic heterocycles. The van der Waals surface area contributed by atoms with E-state index in [-0.39, 0.29) is 0 Å². The van der Waals surface area contributed by atoms with E-state index in [2.05, 4.69) is 4.72 Å². The van der Waals surface area contributed by atoms with Gasteiger partial charge in [0.15, 0.2) is 5.54 Å². The molecule has 2 N–H and O–H groups in total. The molecule has 0 spiro atoms. The molecule has 0 saturated heterocycles. The van der Waals surface area contributed by atoms with E-state index in [4.69, 9.17) is 0 Å². The molecule has 0 aliphatic rings. The summed E-state index contributed by atoms with van der Waals surface area (Å²) in [6.45, 7) is 1.31. The van der Waals surface area contributed by atoms with Crippen molar-refractivity contribution in [2.24, 2.45) is 0 Å². The predicted octanol–water partition coefficient (Wildman–Crippen LogP) is 0.382. The maximum absolute atomic E-state index is 11.8. The Bertz CT molecular complexity index is 527. The Morgan fingerprint density at radius 2 is 1.78 bits per heavy atom. The van der Waals surface area contributed by atoms with Gasteiger partial charge in [-0.3, -0.25) is 0 Å². The van der Waals surface area contributed by atoms with Crippen LogP contribution in [-0.2, 0) is 20.5 Å². The van der Waals surface area contributed by atoms with Crippen LogP contribution in [0.1, 0.15) is 12.5 Å². The highest BCUT2D eigenvalue weighted by Gasteiger charge is 2.39. The Balaban J connectivity index is 3.23. The predicted molar refractivity (Wildman–Crippen MR) is 67.2 cm³/mol. The Hall–Kier alpha value is -1.44. The van der Waals surface area contributed by atoms with Gasteiger partial charge in [0.1, 0.15) is 0 Å². The van der Waals surface area contributed by atoms with Crippen molar-refractivity contribution in [2.45, 2.75) is 12.5 Å². The van der Waals surface area contributed by atoms with E-state index in [9.17, 15) is 18.3 Å². The zero-order valence-corrected chi connectivity index (χ0v) is 11.2. The van der Waals surface area contributed by atoms with E-state index in [1.54, 1.807) is 30.3 Å². The molecule has 0 radical (unpaired) electrons. The number of nitrogens with zero attached hydrogens (tertiary/aromatic N) is 1. The highest BCUT2D eigenvalue weighted by atomic mass is 32.2. The second-order valence-electron chi connectivity index (χ2n) is 4.19. The van der Waals surface area contributed by atoms with Crippen LogP contribution in [0.15, 0.2) is 30.3 Å². The lowest BCUT2D eigenvalue weighted by Gasteiger charge is -2.28. The topological polar surface area (TPSA) is 86.7 Å². The van der Waals surface area contributed by atoms with Crippen molar-refractivity contribution in [3.63, 3.8) is 0 Å². The summed E-state index contributed by atoms with van der Waals surface area (Å²) in [5, 5.41) is 9.29. The van der Waals surface area contributed by atoms with Gasteiger partial charge in [-0.05, 0) is 12.5 Å². The number of rotatable bonds is 5. The summed E-state index contributed by atoms with van der Waals surface area (Å²) >= 11 is 0. The third-order valence-corrected chi connectivity index (χ3v) is 4.22. The molecule has 1 aromatic rings. The van der Waals surface area contributed by atoms with Crippen LogP contribution in [0.5, 0.6) is 0 Å². The second-order valence-corrected chi connectivity index (χ2v) is 6.07. The summed E-state index contributed by atoms with van der Waals surface area (Å²) in [6, 6.07) is 8.16. The van der Waals surface area contributed by atoms with Crippen LogP contribution in [-0.4, -0.2) is 37.9 Å². The number of carboxylic acids is 1. The third-order valence-electron chi connectivity index (χ3n) is 2.59. The average Bonchev–Trinajstić information content (AvgIpc) is 2.29. The molecule has 0 aliphatic carbocycles. The summed E-state index contributed by atoms with van der Waals surface area (Å²) < 4.78 is 26.7. The maximum atomic E-state index is 11.8. The van der Waals surface area contributed by atoms with Crippen molar-refractivity contribution in [1.29, 1.82) is 0 Å². The first-order valence-electron chi connectivity index (χ1n) is 5.20. The highest BCUT2D eigenvalue weighted by molar-refractivity contribution is 7.87. The van der Waals surface area contributed by atoms with Gasteiger partial charge in [0.05, 0.1) is 0 Å². The molecule has 100 valence electrons. The van der Waals surface area contributed by atoms with E-state index in [0.717, 1.165) is 4.31 Å². The molecule has 0 heterocycles. The maximum Gasteiger partial charge on any atom is 0.329 e. The van der Waals surface area contributed by atoms with Crippen LogP contribution >= 0.6 is 0 Å². The fraction of sp³-hybridized carbons (Fsp3) is 0.364. The van der Waals surface area contributed by atoms with Gasteiger partial charge in [0, 0.05) is 14.1 Å². The molecule has 18 heavy (non-hydrogen) atoms. The molecule has 0 amide bonds. The fourth-order valence-electron chi connectivity index (χ4n) is 1.35. The first kappa shape index (κ1) is 14.6. The molecular formula is C11H16N2O4S. The fourth-order valence-corrected chi connectivity index (χ4v) is 2.25. The number of carbonyl (C=O) groups is 1. The smallest absolute Gasteiger partial charge is 0.329 e. The molecule has 0 aromatic heterocycles. The molecule has 0 bridgehead atoms. The van der Waals surface area contributed by atoms with Gasteiger partial charge in [-0.2, -0.15) is 17.4 Å². The van der Waals surface area contributed by atoms with Crippen LogP contribution in [0, 0.1) is 0 Å². The summed E-state index contributed by atoms with van der Waals surface area (Å²) in [5.41, 5.74) is -1.34. The summed E-state index contributed by atoms with van der Waals surface area (Å²) in [4.78, 5) is 11.4. The minimum atomic E-state index is -3.85.